The number of hydrogen-bond donors (Lipinski definition) is 2. The molecule has 80 valence electrons. The average Bonchev–Trinajstić information content (AvgIpc) is 2.18. The minimum atomic E-state index is -1.15. The molecular weight excluding hydrogens is 205 g/mol. The van der Waals surface area contributed by atoms with E-state index in [4.69, 9.17) is 10.2 Å². The van der Waals surface area contributed by atoms with Crippen LogP contribution in [0.15, 0.2) is 23.4 Å². The van der Waals surface area contributed by atoms with E-state index >= 15 is 0 Å². The number of nitrogens with zero attached hydrogens (tertiary/aromatic N) is 1. The molecule has 2 N–H and O–H groups in total. The lowest BCUT2D eigenvalue weighted by molar-refractivity contribution is -0.142. The first-order valence-corrected chi connectivity index (χ1v) is 3.95. The lowest BCUT2D eigenvalue weighted by Crippen LogP contribution is -2.03. The summed E-state index contributed by atoms with van der Waals surface area (Å²) >= 11 is 0. The van der Waals surface area contributed by atoms with Gasteiger partial charge in [0.2, 0.25) is 6.61 Å². The predicted octanol–water partition coefficient (Wildman–Crippen LogP) is 0.966. The third kappa shape index (κ3) is 3.63. The zero-order valence-corrected chi connectivity index (χ0v) is 7.55. The van der Waals surface area contributed by atoms with Crippen molar-refractivity contribution in [1.29, 1.82) is 0 Å². The molecule has 0 amide bonds. The maximum atomic E-state index is 12.8. The fourth-order valence-corrected chi connectivity index (χ4v) is 0.794. The number of rotatable bonds is 4. The molecule has 0 aliphatic heterocycles. The number of carbonyl (C=O) groups is 1. The van der Waals surface area contributed by atoms with E-state index in [1.54, 1.807) is 0 Å². The lowest BCUT2D eigenvalue weighted by atomic mass is 10.2. The second-order valence-corrected chi connectivity index (χ2v) is 2.61. The van der Waals surface area contributed by atoms with Crippen LogP contribution < -0.4 is 0 Å². The monoisotopic (exact) mass is 213 g/mol. The van der Waals surface area contributed by atoms with Gasteiger partial charge in [-0.3, -0.25) is 0 Å². The van der Waals surface area contributed by atoms with Crippen LogP contribution in [0.5, 0.6) is 5.75 Å². The van der Waals surface area contributed by atoms with Gasteiger partial charge in [-0.1, -0.05) is 5.16 Å². The average molecular weight is 213 g/mol. The Morgan fingerprint density at radius 1 is 1.60 bits per heavy atom. The van der Waals surface area contributed by atoms with E-state index in [1.807, 2.05) is 0 Å². The maximum Gasteiger partial charge on any atom is 0.344 e. The number of carboxylic acid groups (broad SMARTS) is 1. The standard InChI is InChI=1S/C9H8FNO4/c10-7-3-6(1-2-8(7)12)4-11-15-5-9(13)14/h1-4,12H,5H2,(H,13,14)/b11-4+. The van der Waals surface area contributed by atoms with Crippen LogP contribution >= 0.6 is 0 Å². The topological polar surface area (TPSA) is 79.1 Å². The normalized spacial score (nSPS) is 10.5. The number of oxime groups is 1. The van der Waals surface area contributed by atoms with Crippen LogP contribution in [0, 0.1) is 5.82 Å². The van der Waals surface area contributed by atoms with Gasteiger partial charge in [-0.2, -0.15) is 0 Å². The second kappa shape index (κ2) is 4.94. The van der Waals surface area contributed by atoms with E-state index in [-0.39, 0.29) is 0 Å². The summed E-state index contributed by atoms with van der Waals surface area (Å²) in [6.45, 7) is -0.558. The molecule has 0 unspecified atom stereocenters. The Kier molecular flexibility index (Phi) is 3.61. The lowest BCUT2D eigenvalue weighted by Gasteiger charge is -1.96. The molecule has 5 nitrogen and oxygen atoms in total. The number of phenolic OH excluding ortho intramolecular Hbond substituents is 1. The molecule has 15 heavy (non-hydrogen) atoms. The number of halogens is 1. The maximum absolute atomic E-state index is 12.8. The van der Waals surface area contributed by atoms with Gasteiger partial charge in [0.05, 0.1) is 6.21 Å². The summed E-state index contributed by atoms with van der Waals surface area (Å²) in [4.78, 5) is 14.4. The first-order chi connectivity index (χ1) is 7.09. The Labute approximate surface area is 84.4 Å². The molecule has 6 heteroatoms. The van der Waals surface area contributed by atoms with Crippen LogP contribution in [0.25, 0.3) is 0 Å². The quantitative estimate of drug-likeness (QED) is 0.576. The van der Waals surface area contributed by atoms with Gasteiger partial charge in [0.25, 0.3) is 0 Å². The van der Waals surface area contributed by atoms with Crippen molar-refractivity contribution in [3.05, 3.63) is 29.6 Å². The molecule has 0 fully saturated rings. The molecule has 0 aliphatic carbocycles. The van der Waals surface area contributed by atoms with Gasteiger partial charge < -0.3 is 15.1 Å². The number of aromatic hydroxyl groups is 1. The highest BCUT2D eigenvalue weighted by molar-refractivity contribution is 5.79. The molecule has 1 aromatic rings. The summed E-state index contributed by atoms with van der Waals surface area (Å²) in [5.41, 5.74) is 0.357. The van der Waals surface area contributed by atoms with Crippen molar-refractivity contribution < 1.29 is 24.2 Å². The van der Waals surface area contributed by atoms with Crippen molar-refractivity contribution >= 4 is 12.2 Å². The summed E-state index contributed by atoms with van der Waals surface area (Å²) in [6.07, 6.45) is 1.14. The Morgan fingerprint density at radius 3 is 2.93 bits per heavy atom. The summed E-state index contributed by atoms with van der Waals surface area (Å²) < 4.78 is 12.8. The highest BCUT2D eigenvalue weighted by Gasteiger charge is 1.99. The minimum Gasteiger partial charge on any atom is -0.505 e. The highest BCUT2D eigenvalue weighted by Crippen LogP contribution is 2.14. The number of benzene rings is 1. The molecule has 0 spiro atoms. The van der Waals surface area contributed by atoms with Gasteiger partial charge in [-0.25, -0.2) is 9.18 Å². The molecule has 0 atom stereocenters. The third-order valence-corrected chi connectivity index (χ3v) is 1.44. The molecule has 0 saturated heterocycles. The Hall–Kier alpha value is -2.11. The summed E-state index contributed by atoms with van der Waals surface area (Å²) in [7, 11) is 0. The van der Waals surface area contributed by atoms with E-state index in [0.29, 0.717) is 5.56 Å². The van der Waals surface area contributed by atoms with Crippen molar-refractivity contribution in [2.75, 3.05) is 6.61 Å². The SMILES string of the molecule is O=C(O)CO/N=C/c1ccc(O)c(F)c1. The van der Waals surface area contributed by atoms with E-state index in [1.165, 1.54) is 6.07 Å². The van der Waals surface area contributed by atoms with Gasteiger partial charge in [-0.05, 0) is 23.8 Å². The van der Waals surface area contributed by atoms with Crippen LogP contribution in [0.3, 0.4) is 0 Å². The molecule has 0 aliphatic rings. The highest BCUT2D eigenvalue weighted by atomic mass is 19.1. The predicted molar refractivity (Wildman–Crippen MR) is 49.2 cm³/mol. The fourth-order valence-electron chi connectivity index (χ4n) is 0.794. The zero-order valence-electron chi connectivity index (χ0n) is 7.55. The van der Waals surface area contributed by atoms with Gasteiger partial charge in [0, 0.05) is 0 Å². The third-order valence-electron chi connectivity index (χ3n) is 1.44. The van der Waals surface area contributed by atoms with Crippen molar-refractivity contribution in [1.82, 2.24) is 0 Å². The molecule has 0 heterocycles. The van der Waals surface area contributed by atoms with Crippen molar-refractivity contribution in [3.63, 3.8) is 0 Å². The van der Waals surface area contributed by atoms with E-state index in [9.17, 15) is 9.18 Å². The first-order valence-electron chi connectivity index (χ1n) is 3.95. The van der Waals surface area contributed by atoms with Crippen molar-refractivity contribution in [3.8, 4) is 5.75 Å². The van der Waals surface area contributed by atoms with Gasteiger partial charge in [0.15, 0.2) is 11.6 Å². The largest absolute Gasteiger partial charge is 0.505 e. The smallest absolute Gasteiger partial charge is 0.344 e. The van der Waals surface area contributed by atoms with Crippen LogP contribution in [-0.2, 0) is 9.63 Å². The van der Waals surface area contributed by atoms with Gasteiger partial charge >= 0.3 is 5.97 Å². The Bertz CT molecular complexity index is 392. The number of phenols is 1. The van der Waals surface area contributed by atoms with Crippen LogP contribution in [0.4, 0.5) is 4.39 Å². The summed E-state index contributed by atoms with van der Waals surface area (Å²) in [5.74, 6) is -2.39. The molecule has 0 bridgehead atoms. The number of carboxylic acids is 1. The number of aliphatic carboxylic acids is 1. The van der Waals surface area contributed by atoms with E-state index in [2.05, 4.69) is 9.99 Å². The fraction of sp³-hybridized carbons (Fsp3) is 0.111. The molecule has 0 aromatic heterocycles. The summed E-state index contributed by atoms with van der Waals surface area (Å²) in [5, 5.41) is 20.4. The van der Waals surface area contributed by atoms with Crippen LogP contribution in [0.2, 0.25) is 0 Å². The van der Waals surface area contributed by atoms with Gasteiger partial charge in [-0.15, -0.1) is 0 Å². The van der Waals surface area contributed by atoms with Crippen LogP contribution in [0.1, 0.15) is 5.56 Å². The molecular formula is C9H8FNO4. The number of hydrogen-bond acceptors (Lipinski definition) is 4. The van der Waals surface area contributed by atoms with E-state index < -0.39 is 24.1 Å². The molecule has 0 radical (unpaired) electrons. The molecule has 1 rings (SSSR count). The van der Waals surface area contributed by atoms with Gasteiger partial charge in [0.1, 0.15) is 0 Å². The van der Waals surface area contributed by atoms with Crippen molar-refractivity contribution in [2.45, 2.75) is 0 Å². The van der Waals surface area contributed by atoms with E-state index in [0.717, 1.165) is 18.3 Å². The first kappa shape index (κ1) is 11.0. The minimum absolute atomic E-state index is 0.357. The summed E-state index contributed by atoms with van der Waals surface area (Å²) in [6, 6.07) is 3.61. The second-order valence-electron chi connectivity index (χ2n) is 2.61. The Morgan fingerprint density at radius 2 is 2.33 bits per heavy atom. The zero-order chi connectivity index (χ0) is 11.3. The van der Waals surface area contributed by atoms with Crippen molar-refractivity contribution in [2.24, 2.45) is 5.16 Å². The molecule has 0 saturated carbocycles. The van der Waals surface area contributed by atoms with Crippen LogP contribution in [-0.4, -0.2) is 29.0 Å². The molecule has 1 aromatic carbocycles. The Balaban J connectivity index is 2.57.